The zero-order chi connectivity index (χ0) is 21.6. The molecule has 30 heavy (non-hydrogen) atoms. The third kappa shape index (κ3) is 5.99. The lowest BCUT2D eigenvalue weighted by molar-refractivity contribution is -0.0771. The number of rotatable bonds is 9. The van der Waals surface area contributed by atoms with Gasteiger partial charge in [-0.2, -0.15) is 0 Å². The maximum absolute atomic E-state index is 5.99. The molecule has 1 N–H and O–H groups in total. The molecule has 1 aliphatic rings. The molecule has 0 aliphatic carbocycles. The molecule has 0 saturated carbocycles. The summed E-state index contributed by atoms with van der Waals surface area (Å²) in [5.41, 5.74) is 3.94. The van der Waals surface area contributed by atoms with Crippen LogP contribution in [0.25, 0.3) is 0 Å². The fourth-order valence-corrected chi connectivity index (χ4v) is 4.59. The minimum atomic E-state index is -0.0288. The second kappa shape index (κ2) is 10.3. The van der Waals surface area contributed by atoms with Crippen LogP contribution in [-0.4, -0.2) is 33.0 Å². The Morgan fingerprint density at radius 2 is 1.80 bits per heavy atom. The number of methoxy groups -OCH3 is 2. The van der Waals surface area contributed by atoms with E-state index >= 15 is 0 Å². The Balaban J connectivity index is 1.63. The molecule has 1 heterocycles. The fraction of sp³-hybridized carbons (Fsp3) is 0.538. The van der Waals surface area contributed by atoms with Crippen molar-refractivity contribution in [3.63, 3.8) is 0 Å². The monoisotopic (exact) mass is 411 g/mol. The molecule has 3 rings (SSSR count). The van der Waals surface area contributed by atoms with Crippen molar-refractivity contribution in [2.45, 2.75) is 58.1 Å². The van der Waals surface area contributed by atoms with Crippen LogP contribution in [0.15, 0.2) is 42.5 Å². The molecular weight excluding hydrogens is 374 g/mol. The SMILES string of the molecule is COc1ccc(CNCC[C@H](c2ccc(C)cc2)[C@H]2CCOC(C)(C)C2)cc1OC. The lowest BCUT2D eigenvalue weighted by Crippen LogP contribution is -2.36. The van der Waals surface area contributed by atoms with Gasteiger partial charge in [-0.25, -0.2) is 0 Å². The first-order chi connectivity index (χ1) is 14.4. The van der Waals surface area contributed by atoms with Crippen molar-refractivity contribution in [3.8, 4) is 11.5 Å². The third-order valence-corrected chi connectivity index (χ3v) is 6.22. The lowest BCUT2D eigenvalue weighted by Gasteiger charge is -2.39. The standard InChI is InChI=1S/C26H37NO3/c1-19-6-9-21(10-7-19)23(22-13-15-30-26(2,3)17-22)12-14-27-18-20-8-11-24(28-4)25(16-20)29-5/h6-11,16,22-23,27H,12-15,17-18H2,1-5H3/t22-,23+/m0/s1. The Hall–Kier alpha value is -2.04. The molecule has 1 aliphatic heterocycles. The van der Waals surface area contributed by atoms with Crippen LogP contribution in [0, 0.1) is 12.8 Å². The Kier molecular flexibility index (Phi) is 7.79. The molecule has 2 atom stereocenters. The van der Waals surface area contributed by atoms with Gasteiger partial charge in [-0.1, -0.05) is 35.9 Å². The molecule has 0 spiro atoms. The zero-order valence-corrected chi connectivity index (χ0v) is 19.2. The van der Waals surface area contributed by atoms with Gasteiger partial charge in [0.1, 0.15) is 0 Å². The summed E-state index contributed by atoms with van der Waals surface area (Å²) in [6.07, 6.45) is 3.37. The van der Waals surface area contributed by atoms with E-state index in [-0.39, 0.29) is 5.60 Å². The predicted molar refractivity (Wildman–Crippen MR) is 123 cm³/mol. The van der Waals surface area contributed by atoms with E-state index in [1.54, 1.807) is 14.2 Å². The van der Waals surface area contributed by atoms with Crippen LogP contribution >= 0.6 is 0 Å². The molecular formula is C26H37NO3. The Labute approximate surface area is 181 Å². The number of hydrogen-bond acceptors (Lipinski definition) is 4. The molecule has 4 nitrogen and oxygen atoms in total. The van der Waals surface area contributed by atoms with E-state index in [0.717, 1.165) is 50.5 Å². The molecule has 2 aromatic rings. The van der Waals surface area contributed by atoms with Crippen molar-refractivity contribution < 1.29 is 14.2 Å². The first kappa shape index (κ1) is 22.6. The summed E-state index contributed by atoms with van der Waals surface area (Å²) in [4.78, 5) is 0. The van der Waals surface area contributed by atoms with Gasteiger partial charge in [-0.05, 0) is 81.7 Å². The van der Waals surface area contributed by atoms with Crippen molar-refractivity contribution in [2.75, 3.05) is 27.4 Å². The maximum atomic E-state index is 5.99. The Morgan fingerprint density at radius 1 is 1.07 bits per heavy atom. The molecule has 0 aromatic heterocycles. The van der Waals surface area contributed by atoms with Crippen molar-refractivity contribution in [1.29, 1.82) is 0 Å². The van der Waals surface area contributed by atoms with Crippen molar-refractivity contribution in [2.24, 2.45) is 5.92 Å². The highest BCUT2D eigenvalue weighted by molar-refractivity contribution is 5.42. The van der Waals surface area contributed by atoms with Crippen LogP contribution in [0.1, 0.15) is 55.7 Å². The fourth-order valence-electron chi connectivity index (χ4n) is 4.59. The van der Waals surface area contributed by atoms with E-state index in [4.69, 9.17) is 14.2 Å². The maximum Gasteiger partial charge on any atom is 0.161 e. The summed E-state index contributed by atoms with van der Waals surface area (Å²) in [7, 11) is 3.34. The number of hydrogen-bond donors (Lipinski definition) is 1. The van der Waals surface area contributed by atoms with Gasteiger partial charge in [0.25, 0.3) is 0 Å². The summed E-state index contributed by atoms with van der Waals surface area (Å²) in [6, 6.07) is 15.2. The number of ether oxygens (including phenoxy) is 3. The molecule has 0 unspecified atom stereocenters. The van der Waals surface area contributed by atoms with E-state index < -0.39 is 0 Å². The van der Waals surface area contributed by atoms with Crippen molar-refractivity contribution >= 4 is 0 Å². The van der Waals surface area contributed by atoms with E-state index in [0.29, 0.717) is 11.8 Å². The summed E-state index contributed by atoms with van der Waals surface area (Å²) in [6.45, 7) is 9.26. The average molecular weight is 412 g/mol. The van der Waals surface area contributed by atoms with Gasteiger partial charge in [-0.15, -0.1) is 0 Å². The molecule has 0 bridgehead atoms. The topological polar surface area (TPSA) is 39.7 Å². The molecule has 0 amide bonds. The molecule has 164 valence electrons. The average Bonchev–Trinajstić information content (AvgIpc) is 2.73. The highest BCUT2D eigenvalue weighted by atomic mass is 16.5. The molecule has 4 heteroatoms. The van der Waals surface area contributed by atoms with Gasteiger partial charge < -0.3 is 19.5 Å². The summed E-state index contributed by atoms with van der Waals surface area (Å²) in [5, 5.41) is 3.63. The van der Waals surface area contributed by atoms with Gasteiger partial charge in [-0.3, -0.25) is 0 Å². The van der Waals surface area contributed by atoms with Crippen LogP contribution in [0.3, 0.4) is 0 Å². The van der Waals surface area contributed by atoms with Crippen LogP contribution in [0.2, 0.25) is 0 Å². The quantitative estimate of drug-likeness (QED) is 0.555. The highest BCUT2D eigenvalue weighted by Crippen LogP contribution is 2.40. The highest BCUT2D eigenvalue weighted by Gasteiger charge is 2.33. The van der Waals surface area contributed by atoms with Crippen LogP contribution in [-0.2, 0) is 11.3 Å². The number of nitrogens with one attached hydrogen (secondary N) is 1. The third-order valence-electron chi connectivity index (χ3n) is 6.22. The first-order valence-corrected chi connectivity index (χ1v) is 11.0. The van der Waals surface area contributed by atoms with E-state index in [2.05, 4.69) is 56.4 Å². The zero-order valence-electron chi connectivity index (χ0n) is 19.2. The van der Waals surface area contributed by atoms with Crippen LogP contribution in [0.4, 0.5) is 0 Å². The number of benzene rings is 2. The van der Waals surface area contributed by atoms with Gasteiger partial charge in [0.05, 0.1) is 19.8 Å². The Morgan fingerprint density at radius 3 is 2.47 bits per heavy atom. The number of aryl methyl sites for hydroxylation is 1. The largest absolute Gasteiger partial charge is 0.493 e. The van der Waals surface area contributed by atoms with E-state index in [1.165, 1.54) is 16.7 Å². The van der Waals surface area contributed by atoms with E-state index in [1.807, 2.05) is 12.1 Å². The van der Waals surface area contributed by atoms with Gasteiger partial charge in [0.2, 0.25) is 0 Å². The molecule has 1 fully saturated rings. The minimum Gasteiger partial charge on any atom is -0.493 e. The van der Waals surface area contributed by atoms with Crippen molar-refractivity contribution in [3.05, 3.63) is 59.2 Å². The van der Waals surface area contributed by atoms with Crippen LogP contribution < -0.4 is 14.8 Å². The van der Waals surface area contributed by atoms with E-state index in [9.17, 15) is 0 Å². The predicted octanol–water partition coefficient (Wildman–Crippen LogP) is 5.48. The van der Waals surface area contributed by atoms with Crippen LogP contribution in [0.5, 0.6) is 11.5 Å². The first-order valence-electron chi connectivity index (χ1n) is 11.0. The second-order valence-corrected chi connectivity index (χ2v) is 9.03. The normalized spacial score (nSPS) is 19.3. The lowest BCUT2D eigenvalue weighted by atomic mass is 9.75. The van der Waals surface area contributed by atoms with Gasteiger partial charge in [0, 0.05) is 13.2 Å². The Bertz CT molecular complexity index is 800. The second-order valence-electron chi connectivity index (χ2n) is 9.03. The summed E-state index contributed by atoms with van der Waals surface area (Å²) < 4.78 is 16.7. The minimum absolute atomic E-state index is 0.0288. The smallest absolute Gasteiger partial charge is 0.161 e. The van der Waals surface area contributed by atoms with Gasteiger partial charge in [0.15, 0.2) is 11.5 Å². The molecule has 2 aromatic carbocycles. The van der Waals surface area contributed by atoms with Crippen molar-refractivity contribution in [1.82, 2.24) is 5.32 Å². The molecule has 1 saturated heterocycles. The summed E-state index contributed by atoms with van der Waals surface area (Å²) >= 11 is 0. The molecule has 0 radical (unpaired) electrons. The summed E-state index contributed by atoms with van der Waals surface area (Å²) in [5.74, 6) is 2.74. The van der Waals surface area contributed by atoms with Gasteiger partial charge >= 0.3 is 0 Å².